The average molecular weight is 343 g/mol. The molecule has 0 unspecified atom stereocenters. The highest BCUT2D eigenvalue weighted by molar-refractivity contribution is 7.15. The van der Waals surface area contributed by atoms with Crippen LogP contribution >= 0.6 is 11.3 Å². The maximum Gasteiger partial charge on any atom is 0.416 e. The van der Waals surface area contributed by atoms with E-state index in [2.05, 4.69) is 4.98 Å². The molecule has 2 aromatic rings. The Bertz CT molecular complexity index is 678. The number of aryl methyl sites for hydroxylation is 1. The molecule has 0 saturated heterocycles. The van der Waals surface area contributed by atoms with Gasteiger partial charge in [-0.1, -0.05) is 19.1 Å². The second kappa shape index (κ2) is 7.12. The van der Waals surface area contributed by atoms with Gasteiger partial charge in [0.15, 0.2) is 0 Å². The highest BCUT2D eigenvalue weighted by atomic mass is 32.1. The van der Waals surface area contributed by atoms with E-state index >= 15 is 0 Å². The van der Waals surface area contributed by atoms with E-state index in [9.17, 15) is 18.0 Å². The van der Waals surface area contributed by atoms with E-state index in [0.29, 0.717) is 29.3 Å². The first-order chi connectivity index (χ1) is 10.8. The number of carbonyl (C=O) groups excluding carboxylic acids is 1. The lowest BCUT2D eigenvalue weighted by Crippen LogP contribution is -2.08. The summed E-state index contributed by atoms with van der Waals surface area (Å²) in [5.41, 5.74) is 0.541. The molecule has 0 radical (unpaired) electrons. The molecule has 0 aliphatic carbocycles. The van der Waals surface area contributed by atoms with E-state index in [-0.39, 0.29) is 12.4 Å². The van der Waals surface area contributed by atoms with Crippen LogP contribution in [0.3, 0.4) is 0 Å². The number of esters is 1. The Morgan fingerprint density at radius 2 is 1.87 bits per heavy atom. The molecule has 0 saturated carbocycles. The first-order valence-corrected chi connectivity index (χ1v) is 7.98. The number of benzene rings is 1. The van der Waals surface area contributed by atoms with Gasteiger partial charge in [-0.15, -0.1) is 11.3 Å². The minimum Gasteiger partial charge on any atom is -0.466 e. The first kappa shape index (κ1) is 17.5. The lowest BCUT2D eigenvalue weighted by molar-refractivity contribution is -0.142. The van der Waals surface area contributed by atoms with Crippen molar-refractivity contribution in [1.29, 1.82) is 0 Å². The number of thiazole rings is 1. The van der Waals surface area contributed by atoms with Crippen molar-refractivity contribution in [3.63, 3.8) is 0 Å². The fraction of sp³-hybridized carbons (Fsp3) is 0.375. The summed E-state index contributed by atoms with van der Waals surface area (Å²) >= 11 is 1.39. The highest BCUT2D eigenvalue weighted by Gasteiger charge is 2.30. The number of hydrogen-bond donors (Lipinski definition) is 0. The summed E-state index contributed by atoms with van der Waals surface area (Å²) in [5.74, 6) is -0.355. The van der Waals surface area contributed by atoms with Crippen molar-refractivity contribution in [2.75, 3.05) is 6.61 Å². The molecule has 0 aliphatic heterocycles. The Labute approximate surface area is 136 Å². The molecule has 0 amide bonds. The van der Waals surface area contributed by atoms with Gasteiger partial charge in [-0.3, -0.25) is 4.79 Å². The van der Waals surface area contributed by atoms with Gasteiger partial charge in [0.2, 0.25) is 0 Å². The van der Waals surface area contributed by atoms with Gasteiger partial charge < -0.3 is 4.74 Å². The third-order valence-corrected chi connectivity index (χ3v) is 4.47. The number of alkyl halides is 3. The molecule has 0 N–H and O–H groups in total. The molecule has 0 atom stereocenters. The predicted octanol–water partition coefficient (Wildman–Crippen LogP) is 4.50. The topological polar surface area (TPSA) is 39.2 Å². The normalized spacial score (nSPS) is 11.5. The average Bonchev–Trinajstić information content (AvgIpc) is 2.89. The van der Waals surface area contributed by atoms with Gasteiger partial charge in [0.25, 0.3) is 0 Å². The SMILES string of the molecule is CCOC(=O)Cc1nc(-c2ccc(C(F)(F)F)cc2)sc1CC. The van der Waals surface area contributed by atoms with E-state index in [1.807, 2.05) is 6.92 Å². The monoisotopic (exact) mass is 343 g/mol. The summed E-state index contributed by atoms with van der Waals surface area (Å²) in [6.45, 7) is 3.97. The Hall–Kier alpha value is -1.89. The molecule has 1 aromatic carbocycles. The summed E-state index contributed by atoms with van der Waals surface area (Å²) < 4.78 is 42.7. The lowest BCUT2D eigenvalue weighted by Gasteiger charge is -2.06. The number of hydrogen-bond acceptors (Lipinski definition) is 4. The Balaban J connectivity index is 2.26. The molecular formula is C16H16F3NO2S. The largest absolute Gasteiger partial charge is 0.466 e. The molecule has 1 heterocycles. The van der Waals surface area contributed by atoms with Gasteiger partial charge in [0, 0.05) is 10.4 Å². The minimum atomic E-state index is -4.36. The van der Waals surface area contributed by atoms with Gasteiger partial charge in [0.1, 0.15) is 5.01 Å². The van der Waals surface area contributed by atoms with Crippen molar-refractivity contribution < 1.29 is 22.7 Å². The van der Waals surface area contributed by atoms with E-state index in [1.165, 1.54) is 23.5 Å². The molecule has 0 fully saturated rings. The van der Waals surface area contributed by atoms with Crippen LogP contribution < -0.4 is 0 Å². The van der Waals surface area contributed by atoms with Crippen molar-refractivity contribution in [3.8, 4) is 10.6 Å². The molecular weight excluding hydrogens is 327 g/mol. The van der Waals surface area contributed by atoms with Gasteiger partial charge in [0.05, 0.1) is 24.3 Å². The van der Waals surface area contributed by atoms with E-state index in [0.717, 1.165) is 17.0 Å². The Morgan fingerprint density at radius 3 is 2.39 bits per heavy atom. The van der Waals surface area contributed by atoms with E-state index < -0.39 is 11.7 Å². The van der Waals surface area contributed by atoms with E-state index in [1.54, 1.807) is 6.92 Å². The number of aromatic nitrogens is 1. The summed E-state index contributed by atoms with van der Waals surface area (Å²) in [6, 6.07) is 4.87. The van der Waals surface area contributed by atoms with Crippen LogP contribution in [0.1, 0.15) is 30.0 Å². The van der Waals surface area contributed by atoms with Gasteiger partial charge in [-0.2, -0.15) is 13.2 Å². The molecule has 1 aromatic heterocycles. The zero-order valence-corrected chi connectivity index (χ0v) is 13.6. The number of rotatable bonds is 5. The third-order valence-electron chi connectivity index (χ3n) is 3.18. The fourth-order valence-electron chi connectivity index (χ4n) is 2.07. The summed E-state index contributed by atoms with van der Waals surface area (Å²) in [7, 11) is 0. The molecule has 0 spiro atoms. The molecule has 2 rings (SSSR count). The maximum atomic E-state index is 12.6. The van der Waals surface area contributed by atoms with Crippen LogP contribution in [0.2, 0.25) is 0 Å². The molecule has 3 nitrogen and oxygen atoms in total. The van der Waals surface area contributed by atoms with Gasteiger partial charge in [-0.05, 0) is 25.5 Å². The summed E-state index contributed by atoms with van der Waals surface area (Å²) in [6.07, 6.45) is -3.58. The van der Waals surface area contributed by atoms with Crippen LogP contribution in [0.25, 0.3) is 10.6 Å². The van der Waals surface area contributed by atoms with Crippen molar-refractivity contribution in [1.82, 2.24) is 4.98 Å². The molecule has 23 heavy (non-hydrogen) atoms. The lowest BCUT2D eigenvalue weighted by atomic mass is 10.1. The third kappa shape index (κ3) is 4.31. The van der Waals surface area contributed by atoms with Crippen molar-refractivity contribution in [2.45, 2.75) is 32.9 Å². The van der Waals surface area contributed by atoms with Crippen LogP contribution in [0.4, 0.5) is 13.2 Å². The number of nitrogens with zero attached hydrogens (tertiary/aromatic N) is 1. The van der Waals surface area contributed by atoms with Crippen LogP contribution in [-0.4, -0.2) is 17.6 Å². The number of halogens is 3. The Morgan fingerprint density at radius 1 is 1.22 bits per heavy atom. The van der Waals surface area contributed by atoms with Crippen molar-refractivity contribution in [3.05, 3.63) is 40.4 Å². The maximum absolute atomic E-state index is 12.6. The number of ether oxygens (including phenoxy) is 1. The van der Waals surface area contributed by atoms with Crippen LogP contribution in [0, 0.1) is 0 Å². The quantitative estimate of drug-likeness (QED) is 0.751. The van der Waals surface area contributed by atoms with E-state index in [4.69, 9.17) is 4.74 Å². The fourth-order valence-corrected chi connectivity index (χ4v) is 3.09. The van der Waals surface area contributed by atoms with Crippen LogP contribution in [0.15, 0.2) is 24.3 Å². The minimum absolute atomic E-state index is 0.0775. The number of carbonyl (C=O) groups is 1. The predicted molar refractivity (Wildman–Crippen MR) is 82.3 cm³/mol. The molecule has 0 aliphatic rings. The van der Waals surface area contributed by atoms with Crippen molar-refractivity contribution >= 4 is 17.3 Å². The zero-order valence-electron chi connectivity index (χ0n) is 12.7. The van der Waals surface area contributed by atoms with Crippen LogP contribution in [-0.2, 0) is 28.5 Å². The summed E-state index contributed by atoms with van der Waals surface area (Å²) in [5, 5.41) is 0.606. The first-order valence-electron chi connectivity index (χ1n) is 7.17. The Kier molecular flexibility index (Phi) is 5.41. The second-order valence-corrected chi connectivity index (χ2v) is 5.88. The zero-order chi connectivity index (χ0) is 17.0. The second-order valence-electron chi connectivity index (χ2n) is 4.80. The van der Waals surface area contributed by atoms with Crippen LogP contribution in [0.5, 0.6) is 0 Å². The summed E-state index contributed by atoms with van der Waals surface area (Å²) in [4.78, 5) is 16.9. The molecule has 0 bridgehead atoms. The molecule has 124 valence electrons. The molecule has 7 heteroatoms. The standard InChI is InChI=1S/C16H16F3NO2S/c1-3-13-12(9-14(21)22-4-2)20-15(23-13)10-5-7-11(8-6-10)16(17,18)19/h5-8H,3-4,9H2,1-2H3. The van der Waals surface area contributed by atoms with Gasteiger partial charge >= 0.3 is 12.1 Å². The highest BCUT2D eigenvalue weighted by Crippen LogP contribution is 2.33. The van der Waals surface area contributed by atoms with Crippen molar-refractivity contribution in [2.24, 2.45) is 0 Å². The smallest absolute Gasteiger partial charge is 0.416 e. The van der Waals surface area contributed by atoms with Gasteiger partial charge in [-0.25, -0.2) is 4.98 Å².